The van der Waals surface area contributed by atoms with Crippen molar-refractivity contribution in [1.29, 1.82) is 0 Å². The first kappa shape index (κ1) is 11.4. The maximum absolute atomic E-state index is 10.9. The maximum Gasteiger partial charge on any atom is 0.135 e. The molecule has 0 aliphatic carbocycles. The Hall–Kier alpha value is -0.630. The standard InChI is InChI=1S/C10H18O2/c1-5-6-7(2)10(12)8(3)9(4)11/h5,7-8,10,12H,1,6H2,2-4H3/t7-,8-,10-/m0/s1. The smallest absolute Gasteiger partial charge is 0.135 e. The molecule has 12 heavy (non-hydrogen) atoms. The second-order valence-electron chi connectivity index (χ2n) is 3.39. The SMILES string of the molecule is C=CC[C@H](C)[C@H](O)[C@@H](C)C(C)=O. The second kappa shape index (κ2) is 5.09. The van der Waals surface area contributed by atoms with Gasteiger partial charge < -0.3 is 5.11 Å². The Labute approximate surface area is 74.3 Å². The molecular formula is C10H18O2. The summed E-state index contributed by atoms with van der Waals surface area (Å²) in [4.78, 5) is 10.9. The lowest BCUT2D eigenvalue weighted by molar-refractivity contribution is -0.124. The molecule has 0 amide bonds. The lowest BCUT2D eigenvalue weighted by Crippen LogP contribution is -2.29. The summed E-state index contributed by atoms with van der Waals surface area (Å²) in [7, 11) is 0. The van der Waals surface area contributed by atoms with Gasteiger partial charge in [-0.15, -0.1) is 6.58 Å². The zero-order chi connectivity index (χ0) is 9.72. The van der Waals surface area contributed by atoms with E-state index in [0.29, 0.717) is 0 Å². The molecule has 0 saturated heterocycles. The van der Waals surface area contributed by atoms with Gasteiger partial charge in [0.25, 0.3) is 0 Å². The summed E-state index contributed by atoms with van der Waals surface area (Å²) in [5, 5.41) is 9.62. The normalized spacial score (nSPS) is 18.0. The predicted octanol–water partition coefficient (Wildman–Crippen LogP) is 1.78. The number of hydrogen-bond acceptors (Lipinski definition) is 2. The lowest BCUT2D eigenvalue weighted by Gasteiger charge is -2.21. The number of hydrogen-bond donors (Lipinski definition) is 1. The third-order valence-electron chi connectivity index (χ3n) is 2.27. The van der Waals surface area contributed by atoms with Gasteiger partial charge in [-0.25, -0.2) is 0 Å². The lowest BCUT2D eigenvalue weighted by atomic mass is 9.89. The Kier molecular flexibility index (Phi) is 4.83. The van der Waals surface area contributed by atoms with Crippen LogP contribution in [0, 0.1) is 11.8 Å². The average Bonchev–Trinajstić information content (AvgIpc) is 2.02. The Morgan fingerprint density at radius 2 is 2.08 bits per heavy atom. The van der Waals surface area contributed by atoms with Gasteiger partial charge in [-0.1, -0.05) is 19.9 Å². The molecule has 2 heteroatoms. The van der Waals surface area contributed by atoms with Crippen LogP contribution >= 0.6 is 0 Å². The highest BCUT2D eigenvalue weighted by Crippen LogP contribution is 2.16. The van der Waals surface area contributed by atoms with Crippen molar-refractivity contribution in [2.45, 2.75) is 33.3 Å². The minimum absolute atomic E-state index is 0.0402. The first-order chi connectivity index (χ1) is 5.50. The molecule has 0 saturated carbocycles. The van der Waals surface area contributed by atoms with E-state index < -0.39 is 6.10 Å². The molecule has 0 spiro atoms. The fourth-order valence-electron chi connectivity index (χ4n) is 1.14. The van der Waals surface area contributed by atoms with E-state index >= 15 is 0 Å². The summed E-state index contributed by atoms with van der Waals surface area (Å²) in [6, 6.07) is 0. The molecule has 0 aliphatic heterocycles. The number of carbonyl (C=O) groups is 1. The number of ketones is 1. The van der Waals surface area contributed by atoms with E-state index in [-0.39, 0.29) is 17.6 Å². The van der Waals surface area contributed by atoms with Crippen molar-refractivity contribution in [3.63, 3.8) is 0 Å². The van der Waals surface area contributed by atoms with Crippen LogP contribution in [0.1, 0.15) is 27.2 Å². The van der Waals surface area contributed by atoms with Crippen molar-refractivity contribution in [3.8, 4) is 0 Å². The Morgan fingerprint density at radius 1 is 1.58 bits per heavy atom. The summed E-state index contributed by atoms with van der Waals surface area (Å²) in [6.07, 6.45) is 1.97. The Bertz CT molecular complexity index is 163. The van der Waals surface area contributed by atoms with Crippen LogP contribution in [0.25, 0.3) is 0 Å². The largest absolute Gasteiger partial charge is 0.392 e. The van der Waals surface area contributed by atoms with E-state index in [1.54, 1.807) is 13.0 Å². The van der Waals surface area contributed by atoms with Crippen LogP contribution in [0.3, 0.4) is 0 Å². The third kappa shape index (κ3) is 3.18. The molecule has 3 atom stereocenters. The number of rotatable bonds is 5. The van der Waals surface area contributed by atoms with E-state index in [9.17, 15) is 9.90 Å². The molecule has 0 heterocycles. The zero-order valence-corrected chi connectivity index (χ0v) is 8.08. The van der Waals surface area contributed by atoms with Crippen LogP contribution in [0.4, 0.5) is 0 Å². The number of aliphatic hydroxyl groups is 1. The summed E-state index contributed by atoms with van der Waals surface area (Å²) >= 11 is 0. The zero-order valence-electron chi connectivity index (χ0n) is 8.08. The van der Waals surface area contributed by atoms with Crippen LogP contribution < -0.4 is 0 Å². The van der Waals surface area contributed by atoms with E-state index in [4.69, 9.17) is 0 Å². The van der Waals surface area contributed by atoms with Crippen LogP contribution in [-0.4, -0.2) is 17.0 Å². The molecule has 0 fully saturated rings. The molecular weight excluding hydrogens is 152 g/mol. The minimum atomic E-state index is -0.541. The molecule has 2 nitrogen and oxygen atoms in total. The molecule has 0 bridgehead atoms. The molecule has 0 radical (unpaired) electrons. The highest BCUT2D eigenvalue weighted by atomic mass is 16.3. The molecule has 0 aromatic rings. The first-order valence-corrected chi connectivity index (χ1v) is 4.30. The van der Waals surface area contributed by atoms with E-state index in [1.165, 1.54) is 6.92 Å². The minimum Gasteiger partial charge on any atom is -0.392 e. The van der Waals surface area contributed by atoms with Crippen molar-refractivity contribution >= 4 is 5.78 Å². The van der Waals surface area contributed by atoms with Gasteiger partial charge in [-0.05, 0) is 19.3 Å². The molecule has 0 rings (SSSR count). The summed E-state index contributed by atoms with van der Waals surface area (Å²) in [5.41, 5.74) is 0. The van der Waals surface area contributed by atoms with Crippen molar-refractivity contribution in [2.75, 3.05) is 0 Å². The molecule has 0 aromatic heterocycles. The molecule has 0 aromatic carbocycles. The fraction of sp³-hybridized carbons (Fsp3) is 0.700. The van der Waals surface area contributed by atoms with Crippen LogP contribution in [0.2, 0.25) is 0 Å². The quantitative estimate of drug-likeness (QED) is 0.639. The molecule has 70 valence electrons. The number of aliphatic hydroxyl groups excluding tert-OH is 1. The van der Waals surface area contributed by atoms with E-state index in [0.717, 1.165) is 6.42 Å². The van der Waals surface area contributed by atoms with Crippen molar-refractivity contribution in [3.05, 3.63) is 12.7 Å². The van der Waals surface area contributed by atoms with E-state index in [2.05, 4.69) is 6.58 Å². The second-order valence-corrected chi connectivity index (χ2v) is 3.39. The van der Waals surface area contributed by atoms with Gasteiger partial charge in [0.15, 0.2) is 0 Å². The molecule has 0 aliphatic rings. The maximum atomic E-state index is 10.9. The van der Waals surface area contributed by atoms with Gasteiger partial charge in [0.2, 0.25) is 0 Å². The predicted molar refractivity (Wildman–Crippen MR) is 49.8 cm³/mol. The summed E-state index contributed by atoms with van der Waals surface area (Å²) < 4.78 is 0. The summed E-state index contributed by atoms with van der Waals surface area (Å²) in [5.74, 6) is -0.111. The number of allylic oxidation sites excluding steroid dienone is 1. The Balaban J connectivity index is 4.07. The van der Waals surface area contributed by atoms with E-state index in [1.807, 2.05) is 6.92 Å². The highest BCUT2D eigenvalue weighted by Gasteiger charge is 2.23. The van der Waals surface area contributed by atoms with Crippen LogP contribution in [0.15, 0.2) is 12.7 Å². The topological polar surface area (TPSA) is 37.3 Å². The highest BCUT2D eigenvalue weighted by molar-refractivity contribution is 5.78. The van der Waals surface area contributed by atoms with Crippen LogP contribution in [0.5, 0.6) is 0 Å². The van der Waals surface area contributed by atoms with Gasteiger partial charge in [0.05, 0.1) is 6.10 Å². The van der Waals surface area contributed by atoms with Gasteiger partial charge >= 0.3 is 0 Å². The van der Waals surface area contributed by atoms with Gasteiger partial charge in [-0.3, -0.25) is 4.79 Å². The van der Waals surface area contributed by atoms with Crippen LogP contribution in [-0.2, 0) is 4.79 Å². The third-order valence-corrected chi connectivity index (χ3v) is 2.27. The van der Waals surface area contributed by atoms with Gasteiger partial charge in [-0.2, -0.15) is 0 Å². The van der Waals surface area contributed by atoms with Crippen molar-refractivity contribution < 1.29 is 9.90 Å². The number of Topliss-reactive ketones (excluding diaryl/α,β-unsaturated/α-hetero) is 1. The van der Waals surface area contributed by atoms with Gasteiger partial charge in [0, 0.05) is 5.92 Å². The van der Waals surface area contributed by atoms with Crippen molar-refractivity contribution in [1.82, 2.24) is 0 Å². The fourth-order valence-corrected chi connectivity index (χ4v) is 1.14. The first-order valence-electron chi connectivity index (χ1n) is 4.30. The monoisotopic (exact) mass is 170 g/mol. The van der Waals surface area contributed by atoms with Crippen molar-refractivity contribution in [2.24, 2.45) is 11.8 Å². The number of carbonyl (C=O) groups excluding carboxylic acids is 1. The van der Waals surface area contributed by atoms with Gasteiger partial charge in [0.1, 0.15) is 5.78 Å². The summed E-state index contributed by atoms with van der Waals surface area (Å²) in [6.45, 7) is 8.78. The molecule has 1 N–H and O–H groups in total. The molecule has 0 unspecified atom stereocenters. The average molecular weight is 170 g/mol. The Morgan fingerprint density at radius 3 is 2.42 bits per heavy atom.